The molecule has 0 aliphatic rings. The van der Waals surface area contributed by atoms with Crippen LogP contribution >= 0.6 is 0 Å². The lowest BCUT2D eigenvalue weighted by atomic mass is 10.0. The first-order valence-corrected chi connectivity index (χ1v) is 4.09. The van der Waals surface area contributed by atoms with Gasteiger partial charge in [0.05, 0.1) is 0 Å². The van der Waals surface area contributed by atoms with E-state index in [-0.39, 0.29) is 5.56 Å². The molecule has 2 atom stereocenters. The molecule has 0 unspecified atom stereocenters. The highest BCUT2D eigenvalue weighted by molar-refractivity contribution is 5.23. The summed E-state index contributed by atoms with van der Waals surface area (Å²) >= 11 is 0. The van der Waals surface area contributed by atoms with Gasteiger partial charge in [0.1, 0.15) is 0 Å². The average Bonchev–Trinajstić information content (AvgIpc) is 2.12. The monoisotopic (exact) mass is 204 g/mol. The van der Waals surface area contributed by atoms with E-state index < -0.39 is 29.5 Å². The molecule has 0 aliphatic carbocycles. The molecule has 0 bridgehead atoms. The molecule has 0 spiro atoms. The Bertz CT molecular complexity index is 316. The van der Waals surface area contributed by atoms with Gasteiger partial charge in [0.15, 0.2) is 17.5 Å². The van der Waals surface area contributed by atoms with Gasteiger partial charge in [0.2, 0.25) is 0 Å². The summed E-state index contributed by atoms with van der Waals surface area (Å²) in [7, 11) is 0. The second-order valence-electron chi connectivity index (χ2n) is 3.18. The van der Waals surface area contributed by atoms with Crippen LogP contribution in [0, 0.1) is 17.5 Å². The predicted molar refractivity (Wildman–Crippen MR) is 46.9 cm³/mol. The number of hydrogen-bond acceptors (Lipinski definition) is 2. The van der Waals surface area contributed by atoms with Crippen LogP contribution in [-0.2, 0) is 0 Å². The Morgan fingerprint density at radius 3 is 1.86 bits per heavy atom. The first-order chi connectivity index (χ1) is 6.43. The third-order valence-electron chi connectivity index (χ3n) is 1.96. The van der Waals surface area contributed by atoms with E-state index in [0.29, 0.717) is 0 Å². The second-order valence-corrected chi connectivity index (χ2v) is 3.18. The SMILES string of the molecule is C[C@H](N)[C@@H](N)c1cc(F)c(F)c(F)c1. The molecular formula is C9H11F3N2. The summed E-state index contributed by atoms with van der Waals surface area (Å²) in [6, 6.07) is 0.540. The molecule has 0 amide bonds. The van der Waals surface area contributed by atoms with E-state index in [4.69, 9.17) is 11.5 Å². The van der Waals surface area contributed by atoms with Crippen molar-refractivity contribution < 1.29 is 13.2 Å². The number of benzene rings is 1. The molecule has 0 saturated carbocycles. The van der Waals surface area contributed by atoms with Crippen molar-refractivity contribution in [3.8, 4) is 0 Å². The van der Waals surface area contributed by atoms with Gasteiger partial charge >= 0.3 is 0 Å². The summed E-state index contributed by atoms with van der Waals surface area (Å²) in [5.41, 5.74) is 11.1. The molecule has 1 rings (SSSR count). The molecule has 0 radical (unpaired) electrons. The minimum Gasteiger partial charge on any atom is -0.326 e. The summed E-state index contributed by atoms with van der Waals surface area (Å²) in [4.78, 5) is 0. The minimum atomic E-state index is -1.49. The molecule has 0 saturated heterocycles. The first kappa shape index (κ1) is 11.0. The average molecular weight is 204 g/mol. The molecule has 14 heavy (non-hydrogen) atoms. The van der Waals surface area contributed by atoms with E-state index in [9.17, 15) is 13.2 Å². The molecule has 1 aromatic rings. The van der Waals surface area contributed by atoms with Crippen LogP contribution in [0.4, 0.5) is 13.2 Å². The predicted octanol–water partition coefficient (Wildman–Crippen LogP) is 1.45. The zero-order chi connectivity index (χ0) is 10.9. The van der Waals surface area contributed by atoms with Crippen LogP contribution in [0.15, 0.2) is 12.1 Å². The Morgan fingerprint density at radius 1 is 1.07 bits per heavy atom. The van der Waals surface area contributed by atoms with Gasteiger partial charge in [0.25, 0.3) is 0 Å². The van der Waals surface area contributed by atoms with Crippen molar-refractivity contribution in [2.45, 2.75) is 19.0 Å². The van der Waals surface area contributed by atoms with Crippen molar-refractivity contribution in [2.24, 2.45) is 11.5 Å². The lowest BCUT2D eigenvalue weighted by molar-refractivity contribution is 0.441. The van der Waals surface area contributed by atoms with Gasteiger partial charge in [-0.25, -0.2) is 13.2 Å². The van der Waals surface area contributed by atoms with E-state index >= 15 is 0 Å². The van der Waals surface area contributed by atoms with Crippen molar-refractivity contribution >= 4 is 0 Å². The maximum absolute atomic E-state index is 12.8. The van der Waals surface area contributed by atoms with Crippen LogP contribution in [-0.4, -0.2) is 6.04 Å². The van der Waals surface area contributed by atoms with Gasteiger partial charge < -0.3 is 11.5 Å². The fraction of sp³-hybridized carbons (Fsp3) is 0.333. The highest BCUT2D eigenvalue weighted by Crippen LogP contribution is 2.19. The third-order valence-corrected chi connectivity index (χ3v) is 1.96. The summed E-state index contributed by atoms with van der Waals surface area (Å²) in [5.74, 6) is -4.00. The molecular weight excluding hydrogens is 193 g/mol. The normalized spacial score (nSPS) is 15.3. The summed E-state index contributed by atoms with van der Waals surface area (Å²) in [6.07, 6.45) is 0. The number of nitrogens with two attached hydrogens (primary N) is 2. The van der Waals surface area contributed by atoms with Gasteiger partial charge in [-0.05, 0) is 24.6 Å². The summed E-state index contributed by atoms with van der Waals surface area (Å²) < 4.78 is 38.1. The van der Waals surface area contributed by atoms with Crippen molar-refractivity contribution in [1.82, 2.24) is 0 Å². The number of hydrogen-bond donors (Lipinski definition) is 2. The Hall–Kier alpha value is -1.07. The van der Waals surface area contributed by atoms with Crippen molar-refractivity contribution in [3.05, 3.63) is 35.1 Å². The summed E-state index contributed by atoms with van der Waals surface area (Å²) in [6.45, 7) is 1.60. The quantitative estimate of drug-likeness (QED) is 0.716. The van der Waals surface area contributed by atoms with Gasteiger partial charge in [-0.1, -0.05) is 0 Å². The minimum absolute atomic E-state index is 0.149. The largest absolute Gasteiger partial charge is 0.326 e. The van der Waals surface area contributed by atoms with Crippen LogP contribution in [0.5, 0.6) is 0 Å². The van der Waals surface area contributed by atoms with Crippen LogP contribution in [0.3, 0.4) is 0 Å². The van der Waals surface area contributed by atoms with Gasteiger partial charge in [0, 0.05) is 12.1 Å². The highest BCUT2D eigenvalue weighted by Gasteiger charge is 2.16. The van der Waals surface area contributed by atoms with Crippen molar-refractivity contribution in [1.29, 1.82) is 0 Å². The lowest BCUT2D eigenvalue weighted by Gasteiger charge is -2.16. The van der Waals surface area contributed by atoms with Crippen molar-refractivity contribution in [3.63, 3.8) is 0 Å². The van der Waals surface area contributed by atoms with Crippen LogP contribution in [0.2, 0.25) is 0 Å². The Labute approximate surface area is 79.7 Å². The van der Waals surface area contributed by atoms with E-state index in [2.05, 4.69) is 0 Å². The molecule has 4 N–H and O–H groups in total. The number of halogens is 3. The third kappa shape index (κ3) is 2.05. The zero-order valence-electron chi connectivity index (χ0n) is 7.60. The van der Waals surface area contributed by atoms with Crippen LogP contribution in [0.25, 0.3) is 0 Å². The van der Waals surface area contributed by atoms with Gasteiger partial charge in [-0.2, -0.15) is 0 Å². The van der Waals surface area contributed by atoms with E-state index in [1.54, 1.807) is 6.92 Å². The maximum Gasteiger partial charge on any atom is 0.194 e. The van der Waals surface area contributed by atoms with Crippen LogP contribution in [0.1, 0.15) is 18.5 Å². The molecule has 0 heterocycles. The second kappa shape index (κ2) is 3.98. The smallest absolute Gasteiger partial charge is 0.194 e. The Kier molecular flexibility index (Phi) is 3.13. The van der Waals surface area contributed by atoms with Gasteiger partial charge in [-0.3, -0.25) is 0 Å². The molecule has 5 heteroatoms. The topological polar surface area (TPSA) is 52.0 Å². The fourth-order valence-electron chi connectivity index (χ4n) is 1.07. The first-order valence-electron chi connectivity index (χ1n) is 4.09. The zero-order valence-corrected chi connectivity index (χ0v) is 7.60. The molecule has 0 fully saturated rings. The fourth-order valence-corrected chi connectivity index (χ4v) is 1.07. The Morgan fingerprint density at radius 2 is 1.50 bits per heavy atom. The Balaban J connectivity index is 3.12. The molecule has 2 nitrogen and oxygen atoms in total. The molecule has 0 aliphatic heterocycles. The van der Waals surface area contributed by atoms with E-state index in [1.807, 2.05) is 0 Å². The van der Waals surface area contributed by atoms with Gasteiger partial charge in [-0.15, -0.1) is 0 Å². The van der Waals surface area contributed by atoms with E-state index in [1.165, 1.54) is 0 Å². The van der Waals surface area contributed by atoms with Crippen molar-refractivity contribution in [2.75, 3.05) is 0 Å². The molecule has 0 aromatic heterocycles. The van der Waals surface area contributed by atoms with E-state index in [0.717, 1.165) is 12.1 Å². The summed E-state index contributed by atoms with van der Waals surface area (Å²) in [5, 5.41) is 0. The molecule has 1 aromatic carbocycles. The lowest BCUT2D eigenvalue weighted by Crippen LogP contribution is -2.31. The standard InChI is InChI=1S/C9H11F3N2/c1-4(13)9(14)5-2-6(10)8(12)7(11)3-5/h2-4,9H,13-14H2,1H3/t4-,9+/m0/s1. The number of rotatable bonds is 2. The highest BCUT2D eigenvalue weighted by atomic mass is 19.2. The molecule has 78 valence electrons. The van der Waals surface area contributed by atoms with Crippen LogP contribution < -0.4 is 11.5 Å². The maximum atomic E-state index is 12.8.